The number of nitrogens with two attached hydrogens (primary N) is 1. The Balaban J connectivity index is 1.86. The van der Waals surface area contributed by atoms with Crippen LogP contribution in [0.3, 0.4) is 0 Å². The van der Waals surface area contributed by atoms with Gasteiger partial charge < -0.3 is 10.8 Å². The molecule has 14 heavy (non-hydrogen) atoms. The third kappa shape index (κ3) is 2.23. The van der Waals surface area contributed by atoms with Gasteiger partial charge in [0, 0.05) is 0 Å². The van der Waals surface area contributed by atoms with Gasteiger partial charge in [0.1, 0.15) is 0 Å². The molecule has 1 heterocycles. The van der Waals surface area contributed by atoms with Crippen molar-refractivity contribution in [3.63, 3.8) is 0 Å². The summed E-state index contributed by atoms with van der Waals surface area (Å²) in [6.45, 7) is 0.823. The SMILES string of the molecule is Nc1cnn(CC2CCC(O)CC2)n1. The number of hydrogen-bond acceptors (Lipinski definition) is 4. The average molecular weight is 196 g/mol. The van der Waals surface area contributed by atoms with Crippen LogP contribution in [0.5, 0.6) is 0 Å². The second-order valence-corrected chi connectivity index (χ2v) is 4.00. The highest BCUT2D eigenvalue weighted by Gasteiger charge is 2.20. The topological polar surface area (TPSA) is 77.0 Å². The third-order valence-corrected chi connectivity index (χ3v) is 2.79. The van der Waals surface area contributed by atoms with E-state index in [2.05, 4.69) is 10.2 Å². The van der Waals surface area contributed by atoms with Crippen LogP contribution in [0.4, 0.5) is 5.82 Å². The molecule has 1 aliphatic carbocycles. The van der Waals surface area contributed by atoms with Crippen LogP contribution in [-0.2, 0) is 6.54 Å². The van der Waals surface area contributed by atoms with Crippen LogP contribution in [0.2, 0.25) is 0 Å². The van der Waals surface area contributed by atoms with Crippen molar-refractivity contribution in [1.29, 1.82) is 0 Å². The number of anilines is 1. The number of hydrogen-bond donors (Lipinski definition) is 2. The highest BCUT2D eigenvalue weighted by Crippen LogP contribution is 2.25. The molecule has 1 saturated carbocycles. The van der Waals surface area contributed by atoms with Gasteiger partial charge in [0.25, 0.3) is 0 Å². The van der Waals surface area contributed by atoms with Crippen LogP contribution >= 0.6 is 0 Å². The van der Waals surface area contributed by atoms with Gasteiger partial charge in [0.2, 0.25) is 0 Å². The van der Waals surface area contributed by atoms with Crippen molar-refractivity contribution in [3.05, 3.63) is 6.20 Å². The maximum absolute atomic E-state index is 9.34. The van der Waals surface area contributed by atoms with Crippen LogP contribution < -0.4 is 5.73 Å². The minimum atomic E-state index is -0.0955. The minimum Gasteiger partial charge on any atom is -0.393 e. The van der Waals surface area contributed by atoms with E-state index in [0.717, 1.165) is 32.2 Å². The Hall–Kier alpha value is -1.10. The molecule has 1 aliphatic rings. The predicted molar refractivity (Wildman–Crippen MR) is 52.4 cm³/mol. The second-order valence-electron chi connectivity index (χ2n) is 4.00. The zero-order valence-electron chi connectivity index (χ0n) is 8.13. The quantitative estimate of drug-likeness (QED) is 0.718. The first-order chi connectivity index (χ1) is 6.74. The van der Waals surface area contributed by atoms with E-state index in [1.807, 2.05) is 0 Å². The molecule has 2 rings (SSSR count). The van der Waals surface area contributed by atoms with Crippen LogP contribution in [-0.4, -0.2) is 26.2 Å². The smallest absolute Gasteiger partial charge is 0.165 e. The molecule has 0 aliphatic heterocycles. The van der Waals surface area contributed by atoms with E-state index in [1.54, 1.807) is 11.0 Å². The molecule has 1 aromatic heterocycles. The molecule has 0 saturated heterocycles. The average Bonchev–Trinajstić information content (AvgIpc) is 2.56. The van der Waals surface area contributed by atoms with Gasteiger partial charge in [-0.3, -0.25) is 0 Å². The Morgan fingerprint density at radius 3 is 2.71 bits per heavy atom. The standard InChI is InChI=1S/C9H16N4O/c10-9-5-11-13(12-9)6-7-1-3-8(14)4-2-7/h5,7-8,14H,1-4,6H2,(H2,10,12). The fourth-order valence-electron chi connectivity index (χ4n) is 1.96. The molecule has 0 bridgehead atoms. The fraction of sp³-hybridized carbons (Fsp3) is 0.778. The third-order valence-electron chi connectivity index (χ3n) is 2.79. The van der Waals surface area contributed by atoms with Gasteiger partial charge in [-0.2, -0.15) is 9.90 Å². The Bertz CT molecular complexity index is 291. The lowest BCUT2D eigenvalue weighted by molar-refractivity contribution is 0.102. The number of nitrogen functional groups attached to an aromatic ring is 1. The van der Waals surface area contributed by atoms with E-state index in [-0.39, 0.29) is 6.10 Å². The summed E-state index contributed by atoms with van der Waals surface area (Å²) in [4.78, 5) is 1.65. The maximum Gasteiger partial charge on any atom is 0.165 e. The summed E-state index contributed by atoms with van der Waals surface area (Å²) in [7, 11) is 0. The largest absolute Gasteiger partial charge is 0.393 e. The van der Waals surface area contributed by atoms with Crippen LogP contribution in [0, 0.1) is 5.92 Å². The van der Waals surface area contributed by atoms with Crippen molar-refractivity contribution in [2.75, 3.05) is 5.73 Å². The number of aliphatic hydroxyl groups is 1. The van der Waals surface area contributed by atoms with Crippen molar-refractivity contribution >= 4 is 5.82 Å². The normalized spacial score (nSPS) is 27.8. The zero-order valence-corrected chi connectivity index (χ0v) is 8.13. The molecule has 0 amide bonds. The highest BCUT2D eigenvalue weighted by molar-refractivity contribution is 5.19. The van der Waals surface area contributed by atoms with Crippen LogP contribution in [0.15, 0.2) is 6.20 Å². The van der Waals surface area contributed by atoms with Gasteiger partial charge in [-0.25, -0.2) is 0 Å². The highest BCUT2D eigenvalue weighted by atomic mass is 16.3. The summed E-state index contributed by atoms with van der Waals surface area (Å²) in [6.07, 6.45) is 5.40. The molecule has 1 aromatic rings. The van der Waals surface area contributed by atoms with Crippen molar-refractivity contribution < 1.29 is 5.11 Å². The molecular weight excluding hydrogens is 180 g/mol. The summed E-state index contributed by atoms with van der Waals surface area (Å²) in [5, 5.41) is 17.4. The molecule has 78 valence electrons. The Labute approximate surface area is 82.9 Å². The lowest BCUT2D eigenvalue weighted by atomic mass is 9.88. The van der Waals surface area contributed by atoms with E-state index in [0.29, 0.717) is 11.7 Å². The summed E-state index contributed by atoms with van der Waals surface area (Å²) in [5.41, 5.74) is 5.47. The molecule has 0 radical (unpaired) electrons. The first kappa shape index (κ1) is 9.45. The summed E-state index contributed by atoms with van der Waals surface area (Å²) >= 11 is 0. The lowest BCUT2D eigenvalue weighted by Crippen LogP contribution is -2.22. The summed E-state index contributed by atoms with van der Waals surface area (Å²) in [6, 6.07) is 0. The number of aliphatic hydroxyl groups excluding tert-OH is 1. The Morgan fingerprint density at radius 2 is 2.14 bits per heavy atom. The van der Waals surface area contributed by atoms with Gasteiger partial charge >= 0.3 is 0 Å². The minimum absolute atomic E-state index is 0.0955. The first-order valence-electron chi connectivity index (χ1n) is 5.07. The van der Waals surface area contributed by atoms with Crippen molar-refractivity contribution in [3.8, 4) is 0 Å². The molecule has 5 heteroatoms. The van der Waals surface area contributed by atoms with Gasteiger partial charge in [-0.1, -0.05) is 0 Å². The predicted octanol–water partition coefficient (Wildman–Crippen LogP) is 0.411. The molecule has 3 N–H and O–H groups in total. The first-order valence-corrected chi connectivity index (χ1v) is 5.07. The fourth-order valence-corrected chi connectivity index (χ4v) is 1.96. The van der Waals surface area contributed by atoms with Gasteiger partial charge in [-0.15, -0.1) is 5.10 Å². The summed E-state index contributed by atoms with van der Waals surface area (Å²) < 4.78 is 0. The van der Waals surface area contributed by atoms with Crippen LogP contribution in [0.1, 0.15) is 25.7 Å². The van der Waals surface area contributed by atoms with Crippen molar-refractivity contribution in [1.82, 2.24) is 15.0 Å². The molecular formula is C9H16N4O. The Kier molecular flexibility index (Phi) is 2.67. The molecule has 5 nitrogen and oxygen atoms in total. The molecule has 0 aromatic carbocycles. The lowest BCUT2D eigenvalue weighted by Gasteiger charge is -2.24. The summed E-state index contributed by atoms with van der Waals surface area (Å²) in [5.74, 6) is 1.06. The molecule has 0 spiro atoms. The number of aromatic nitrogens is 3. The monoisotopic (exact) mass is 196 g/mol. The van der Waals surface area contributed by atoms with Crippen molar-refractivity contribution in [2.24, 2.45) is 5.92 Å². The van der Waals surface area contributed by atoms with E-state index < -0.39 is 0 Å². The maximum atomic E-state index is 9.34. The second kappa shape index (κ2) is 3.96. The van der Waals surface area contributed by atoms with E-state index >= 15 is 0 Å². The molecule has 0 atom stereocenters. The zero-order chi connectivity index (χ0) is 9.97. The Morgan fingerprint density at radius 1 is 1.43 bits per heavy atom. The van der Waals surface area contributed by atoms with Gasteiger partial charge in [0.05, 0.1) is 18.8 Å². The van der Waals surface area contributed by atoms with Crippen molar-refractivity contribution in [2.45, 2.75) is 38.3 Å². The van der Waals surface area contributed by atoms with Gasteiger partial charge in [-0.05, 0) is 31.6 Å². The van der Waals surface area contributed by atoms with E-state index in [9.17, 15) is 5.11 Å². The van der Waals surface area contributed by atoms with E-state index in [4.69, 9.17) is 5.73 Å². The number of nitrogens with zero attached hydrogens (tertiary/aromatic N) is 3. The van der Waals surface area contributed by atoms with E-state index in [1.165, 1.54) is 0 Å². The molecule has 1 fully saturated rings. The molecule has 0 unspecified atom stereocenters. The number of rotatable bonds is 2. The van der Waals surface area contributed by atoms with Gasteiger partial charge in [0.15, 0.2) is 5.82 Å². The van der Waals surface area contributed by atoms with Crippen LogP contribution in [0.25, 0.3) is 0 Å².